The summed E-state index contributed by atoms with van der Waals surface area (Å²) in [5.74, 6) is 0.381. The van der Waals surface area contributed by atoms with E-state index in [0.717, 1.165) is 5.56 Å². The average molecular weight is 225 g/mol. The quantitative estimate of drug-likeness (QED) is 0.604. The number of methoxy groups -OCH3 is 1. The number of hydrogen-bond acceptors (Lipinski definition) is 5. The van der Waals surface area contributed by atoms with E-state index in [1.54, 1.807) is 13.3 Å². The summed E-state index contributed by atoms with van der Waals surface area (Å²) in [5, 5.41) is 13.0. The van der Waals surface area contributed by atoms with E-state index in [2.05, 4.69) is 10.3 Å². The molecule has 0 aromatic carbocycles. The first-order valence-electron chi connectivity index (χ1n) is 5.25. The van der Waals surface area contributed by atoms with E-state index in [0.29, 0.717) is 31.1 Å². The van der Waals surface area contributed by atoms with Crippen LogP contribution in [0, 0.1) is 6.92 Å². The van der Waals surface area contributed by atoms with Gasteiger partial charge < -0.3 is 20.9 Å². The van der Waals surface area contributed by atoms with Crippen molar-refractivity contribution < 1.29 is 9.84 Å². The van der Waals surface area contributed by atoms with Crippen LogP contribution in [0.4, 0.5) is 5.82 Å². The van der Waals surface area contributed by atoms with Crippen LogP contribution in [0.25, 0.3) is 0 Å². The first-order chi connectivity index (χ1) is 7.65. The molecule has 0 spiro atoms. The maximum absolute atomic E-state index is 9.90. The van der Waals surface area contributed by atoms with Gasteiger partial charge in [0.25, 0.3) is 0 Å². The van der Waals surface area contributed by atoms with Crippen molar-refractivity contribution in [1.29, 1.82) is 0 Å². The largest absolute Gasteiger partial charge is 0.387 e. The molecular formula is C11H19N3O2. The monoisotopic (exact) mass is 225 g/mol. The summed E-state index contributed by atoms with van der Waals surface area (Å²) in [6.45, 7) is 3.68. The van der Waals surface area contributed by atoms with Crippen LogP contribution in [0.1, 0.15) is 17.2 Å². The lowest BCUT2D eigenvalue weighted by Gasteiger charge is -2.14. The highest BCUT2D eigenvalue weighted by molar-refractivity contribution is 5.42. The Balaban J connectivity index is 2.51. The Bertz CT molecular complexity index is 331. The second-order valence-corrected chi connectivity index (χ2v) is 3.70. The molecule has 90 valence electrons. The summed E-state index contributed by atoms with van der Waals surface area (Å²) in [6.07, 6.45) is 1.05. The second-order valence-electron chi connectivity index (χ2n) is 3.70. The second kappa shape index (κ2) is 6.42. The molecule has 5 heteroatoms. The predicted octanol–water partition coefficient (Wildman–Crippen LogP) is 0.242. The molecule has 0 fully saturated rings. The minimum atomic E-state index is -0.635. The number of rotatable bonds is 6. The zero-order chi connectivity index (χ0) is 12.0. The molecule has 1 atom stereocenters. The van der Waals surface area contributed by atoms with E-state index in [1.807, 2.05) is 13.0 Å². The maximum Gasteiger partial charge on any atom is 0.129 e. The number of aliphatic hydroxyl groups excluding tert-OH is 1. The highest BCUT2D eigenvalue weighted by atomic mass is 16.5. The SMILES string of the molecule is COCCNCC(O)c1cc(C)cnc1N. The summed E-state index contributed by atoms with van der Waals surface area (Å²) >= 11 is 0. The summed E-state index contributed by atoms with van der Waals surface area (Å²) < 4.78 is 4.89. The van der Waals surface area contributed by atoms with Crippen LogP contribution in [0.3, 0.4) is 0 Å². The number of ether oxygens (including phenoxy) is 1. The summed E-state index contributed by atoms with van der Waals surface area (Å²) in [7, 11) is 1.64. The molecule has 1 aromatic rings. The van der Waals surface area contributed by atoms with Gasteiger partial charge in [-0.3, -0.25) is 0 Å². The lowest BCUT2D eigenvalue weighted by Crippen LogP contribution is -2.25. The average Bonchev–Trinajstić information content (AvgIpc) is 2.27. The van der Waals surface area contributed by atoms with Crippen LogP contribution < -0.4 is 11.1 Å². The zero-order valence-electron chi connectivity index (χ0n) is 9.73. The van der Waals surface area contributed by atoms with Gasteiger partial charge in [-0.25, -0.2) is 4.98 Å². The van der Waals surface area contributed by atoms with Crippen molar-refractivity contribution in [2.24, 2.45) is 0 Å². The van der Waals surface area contributed by atoms with Crippen LogP contribution >= 0.6 is 0 Å². The molecule has 4 N–H and O–H groups in total. The van der Waals surface area contributed by atoms with E-state index in [1.165, 1.54) is 0 Å². The Morgan fingerprint density at radius 2 is 2.38 bits per heavy atom. The first kappa shape index (κ1) is 12.9. The molecule has 0 amide bonds. The third-order valence-electron chi connectivity index (χ3n) is 2.27. The minimum Gasteiger partial charge on any atom is -0.387 e. The van der Waals surface area contributed by atoms with Crippen LogP contribution in [-0.4, -0.2) is 36.9 Å². The molecule has 16 heavy (non-hydrogen) atoms. The molecule has 0 saturated carbocycles. The molecule has 0 radical (unpaired) electrons. The molecule has 1 heterocycles. The number of pyridine rings is 1. The number of aromatic nitrogens is 1. The Labute approximate surface area is 95.6 Å². The fraction of sp³-hybridized carbons (Fsp3) is 0.545. The summed E-state index contributed by atoms with van der Waals surface area (Å²) in [6, 6.07) is 1.85. The predicted molar refractivity (Wildman–Crippen MR) is 63.1 cm³/mol. The molecule has 1 aromatic heterocycles. The van der Waals surface area contributed by atoms with Gasteiger partial charge in [0.05, 0.1) is 12.7 Å². The standard InChI is InChI=1S/C11H19N3O2/c1-8-5-9(11(12)14-6-8)10(15)7-13-3-4-16-2/h5-6,10,13,15H,3-4,7H2,1-2H3,(H2,12,14). The van der Waals surface area contributed by atoms with E-state index >= 15 is 0 Å². The van der Waals surface area contributed by atoms with E-state index in [-0.39, 0.29) is 0 Å². The number of nitrogens with zero attached hydrogens (tertiary/aromatic N) is 1. The van der Waals surface area contributed by atoms with Gasteiger partial charge in [0.15, 0.2) is 0 Å². The molecule has 0 aliphatic carbocycles. The van der Waals surface area contributed by atoms with Gasteiger partial charge >= 0.3 is 0 Å². The third kappa shape index (κ3) is 3.77. The van der Waals surface area contributed by atoms with Gasteiger partial charge in [-0.15, -0.1) is 0 Å². The smallest absolute Gasteiger partial charge is 0.129 e. The first-order valence-corrected chi connectivity index (χ1v) is 5.25. The van der Waals surface area contributed by atoms with Crippen molar-refractivity contribution in [3.63, 3.8) is 0 Å². The van der Waals surface area contributed by atoms with Crippen molar-refractivity contribution in [3.05, 3.63) is 23.4 Å². The normalized spacial score (nSPS) is 12.7. The van der Waals surface area contributed by atoms with Crippen molar-refractivity contribution >= 4 is 5.82 Å². The lowest BCUT2D eigenvalue weighted by atomic mass is 10.1. The lowest BCUT2D eigenvalue weighted by molar-refractivity contribution is 0.162. The van der Waals surface area contributed by atoms with Crippen molar-refractivity contribution in [2.75, 3.05) is 32.5 Å². The molecule has 0 saturated heterocycles. The molecule has 0 aliphatic heterocycles. The molecular weight excluding hydrogens is 206 g/mol. The van der Waals surface area contributed by atoms with Crippen LogP contribution in [-0.2, 0) is 4.74 Å². The Hall–Kier alpha value is -1.17. The number of nitrogens with two attached hydrogens (primary N) is 1. The number of anilines is 1. The molecule has 0 bridgehead atoms. The van der Waals surface area contributed by atoms with Gasteiger partial charge in [0, 0.05) is 32.0 Å². The number of aryl methyl sites for hydroxylation is 1. The highest BCUT2D eigenvalue weighted by Crippen LogP contribution is 2.18. The number of hydrogen-bond donors (Lipinski definition) is 3. The van der Waals surface area contributed by atoms with Gasteiger partial charge in [-0.1, -0.05) is 0 Å². The topological polar surface area (TPSA) is 80.4 Å². The van der Waals surface area contributed by atoms with Crippen LogP contribution in [0.5, 0.6) is 0 Å². The Morgan fingerprint density at radius 1 is 1.62 bits per heavy atom. The highest BCUT2D eigenvalue weighted by Gasteiger charge is 2.11. The van der Waals surface area contributed by atoms with E-state index < -0.39 is 6.10 Å². The van der Waals surface area contributed by atoms with Gasteiger partial charge in [-0.05, 0) is 18.6 Å². The van der Waals surface area contributed by atoms with Crippen LogP contribution in [0.2, 0.25) is 0 Å². The zero-order valence-corrected chi connectivity index (χ0v) is 9.73. The molecule has 0 aliphatic rings. The van der Waals surface area contributed by atoms with Crippen molar-refractivity contribution in [1.82, 2.24) is 10.3 Å². The number of nitrogen functional groups attached to an aromatic ring is 1. The molecule has 1 unspecified atom stereocenters. The summed E-state index contributed by atoms with van der Waals surface area (Å²) in [4.78, 5) is 4.01. The Kier molecular flexibility index (Phi) is 5.18. The minimum absolute atomic E-state index is 0.381. The van der Waals surface area contributed by atoms with Crippen molar-refractivity contribution in [2.45, 2.75) is 13.0 Å². The van der Waals surface area contributed by atoms with Crippen LogP contribution in [0.15, 0.2) is 12.3 Å². The van der Waals surface area contributed by atoms with Gasteiger partial charge in [0.2, 0.25) is 0 Å². The van der Waals surface area contributed by atoms with E-state index in [9.17, 15) is 5.11 Å². The number of nitrogens with one attached hydrogen (secondary N) is 1. The van der Waals surface area contributed by atoms with Crippen molar-refractivity contribution in [3.8, 4) is 0 Å². The third-order valence-corrected chi connectivity index (χ3v) is 2.27. The van der Waals surface area contributed by atoms with E-state index in [4.69, 9.17) is 10.5 Å². The van der Waals surface area contributed by atoms with Gasteiger partial charge in [0.1, 0.15) is 5.82 Å². The Morgan fingerprint density at radius 3 is 3.06 bits per heavy atom. The maximum atomic E-state index is 9.90. The number of aliphatic hydroxyl groups is 1. The fourth-order valence-electron chi connectivity index (χ4n) is 1.39. The summed E-state index contributed by atoms with van der Waals surface area (Å²) in [5.41, 5.74) is 7.35. The molecule has 1 rings (SSSR count). The van der Waals surface area contributed by atoms with Gasteiger partial charge in [-0.2, -0.15) is 0 Å². The fourth-order valence-corrected chi connectivity index (χ4v) is 1.39. The molecule has 5 nitrogen and oxygen atoms in total.